The number of benzene rings is 2. The Kier molecular flexibility index (Phi) is 7.92. The van der Waals surface area contributed by atoms with Crippen LogP contribution in [0.3, 0.4) is 0 Å². The Hall–Kier alpha value is -3.03. The number of carbonyl (C=O) groups is 1. The smallest absolute Gasteiger partial charge is 0.216 e. The number of aromatic nitrogens is 2. The molecule has 0 spiro atoms. The third-order valence-corrected chi connectivity index (χ3v) is 5.12. The summed E-state index contributed by atoms with van der Waals surface area (Å²) < 4.78 is 13.2. The molecule has 0 fully saturated rings. The lowest BCUT2D eigenvalue weighted by Crippen LogP contribution is -2.29. The molecule has 164 valence electrons. The van der Waals surface area contributed by atoms with Crippen LogP contribution < -0.4 is 20.1 Å². The predicted octanol–water partition coefficient (Wildman–Crippen LogP) is 3.65. The quantitative estimate of drug-likeness (QED) is 0.469. The van der Waals surface area contributed by atoms with Gasteiger partial charge < -0.3 is 20.1 Å². The first-order valence-electron chi connectivity index (χ1n) is 10.0. The van der Waals surface area contributed by atoms with Gasteiger partial charge in [-0.1, -0.05) is 35.9 Å². The summed E-state index contributed by atoms with van der Waals surface area (Å²) in [7, 11) is 1.61. The summed E-state index contributed by atoms with van der Waals surface area (Å²) in [6, 6.07) is 15.5. The highest BCUT2D eigenvalue weighted by atomic mass is 35.5. The molecule has 1 heterocycles. The van der Waals surface area contributed by atoms with Gasteiger partial charge in [-0.3, -0.25) is 4.79 Å². The molecule has 3 aromatic rings. The maximum Gasteiger partial charge on any atom is 0.216 e. The molecule has 3 rings (SSSR count). The molecule has 0 unspecified atom stereocenters. The fraction of sp³-hybridized carbons (Fsp3) is 0.304. The topological polar surface area (TPSA) is 77.4 Å². The zero-order valence-corrected chi connectivity index (χ0v) is 18.7. The Labute approximate surface area is 187 Å². The van der Waals surface area contributed by atoms with Crippen molar-refractivity contribution in [3.05, 3.63) is 70.5 Å². The van der Waals surface area contributed by atoms with Gasteiger partial charge in [0, 0.05) is 32.1 Å². The number of para-hydroxylation sites is 1. The minimum atomic E-state index is -0.0328. The second-order valence-electron chi connectivity index (χ2n) is 7.04. The fourth-order valence-electron chi connectivity index (χ4n) is 3.09. The van der Waals surface area contributed by atoms with E-state index in [9.17, 15) is 4.79 Å². The molecule has 0 bridgehead atoms. The van der Waals surface area contributed by atoms with Crippen molar-refractivity contribution in [3.8, 4) is 17.2 Å². The highest BCUT2D eigenvalue weighted by molar-refractivity contribution is 6.30. The van der Waals surface area contributed by atoms with Crippen molar-refractivity contribution in [2.24, 2.45) is 0 Å². The van der Waals surface area contributed by atoms with Crippen LogP contribution in [0.2, 0.25) is 5.15 Å². The summed E-state index contributed by atoms with van der Waals surface area (Å²) in [6.45, 7) is 5.63. The summed E-state index contributed by atoms with van der Waals surface area (Å²) in [4.78, 5) is 10.9. The second kappa shape index (κ2) is 10.8. The van der Waals surface area contributed by atoms with E-state index in [1.807, 2.05) is 55.5 Å². The molecule has 0 atom stereocenters. The molecule has 0 aliphatic heterocycles. The number of halogens is 1. The number of methoxy groups -OCH3 is 1. The van der Waals surface area contributed by atoms with Gasteiger partial charge in [0.1, 0.15) is 11.8 Å². The van der Waals surface area contributed by atoms with Crippen LogP contribution in [0.15, 0.2) is 48.5 Å². The lowest BCUT2D eigenvalue weighted by molar-refractivity contribution is -0.118. The Morgan fingerprint density at radius 1 is 1.13 bits per heavy atom. The molecule has 0 saturated carbocycles. The molecule has 0 saturated heterocycles. The zero-order valence-electron chi connectivity index (χ0n) is 17.9. The van der Waals surface area contributed by atoms with Gasteiger partial charge in [0.2, 0.25) is 5.91 Å². The van der Waals surface area contributed by atoms with Gasteiger partial charge in [-0.05, 0) is 36.8 Å². The molecule has 1 aromatic heterocycles. The van der Waals surface area contributed by atoms with Crippen molar-refractivity contribution < 1.29 is 14.3 Å². The second-order valence-corrected chi connectivity index (χ2v) is 7.39. The highest BCUT2D eigenvalue weighted by Crippen LogP contribution is 2.31. The Morgan fingerprint density at radius 2 is 1.90 bits per heavy atom. The van der Waals surface area contributed by atoms with Crippen LogP contribution >= 0.6 is 11.6 Å². The molecule has 0 radical (unpaired) electrons. The molecule has 31 heavy (non-hydrogen) atoms. The Balaban J connectivity index is 1.64. The van der Waals surface area contributed by atoms with Crippen LogP contribution in [-0.4, -0.2) is 35.9 Å². The van der Waals surface area contributed by atoms with Crippen LogP contribution in [0.4, 0.5) is 0 Å². The maximum absolute atomic E-state index is 10.9. The first kappa shape index (κ1) is 22.7. The first-order valence-corrected chi connectivity index (χ1v) is 10.4. The summed E-state index contributed by atoms with van der Waals surface area (Å²) in [5.41, 5.74) is 3.59. The summed E-state index contributed by atoms with van der Waals surface area (Å²) in [5, 5.41) is 11.1. The van der Waals surface area contributed by atoms with Crippen molar-refractivity contribution in [2.75, 3.05) is 20.2 Å². The molecule has 0 aliphatic rings. The van der Waals surface area contributed by atoms with E-state index < -0.39 is 0 Å². The number of amides is 1. The molecule has 0 aliphatic carbocycles. The number of nitrogens with one attached hydrogen (secondary N) is 2. The molecule has 7 nitrogen and oxygen atoms in total. The Morgan fingerprint density at radius 3 is 2.61 bits per heavy atom. The van der Waals surface area contributed by atoms with Crippen molar-refractivity contribution >= 4 is 17.5 Å². The third-order valence-electron chi connectivity index (χ3n) is 4.73. The number of rotatable bonds is 10. The lowest BCUT2D eigenvalue weighted by atomic mass is 10.2. The van der Waals surface area contributed by atoms with Gasteiger partial charge in [-0.25, -0.2) is 4.68 Å². The van der Waals surface area contributed by atoms with E-state index in [1.165, 1.54) is 6.92 Å². The van der Waals surface area contributed by atoms with Crippen molar-refractivity contribution in [1.29, 1.82) is 0 Å². The first-order chi connectivity index (χ1) is 15.0. The van der Waals surface area contributed by atoms with Crippen LogP contribution in [0.5, 0.6) is 11.5 Å². The average molecular weight is 443 g/mol. The maximum atomic E-state index is 10.9. The van der Waals surface area contributed by atoms with Gasteiger partial charge in [0.05, 0.1) is 18.5 Å². The average Bonchev–Trinajstić information content (AvgIpc) is 3.06. The monoisotopic (exact) mass is 442 g/mol. The highest BCUT2D eigenvalue weighted by Gasteiger charge is 2.16. The summed E-state index contributed by atoms with van der Waals surface area (Å²) in [6.07, 6.45) is 0. The Bertz CT molecular complexity index is 1020. The third kappa shape index (κ3) is 5.99. The largest absolute Gasteiger partial charge is 0.493 e. The number of carbonyl (C=O) groups excluding carboxylic acids is 1. The molecule has 1 amide bonds. The van der Waals surface area contributed by atoms with E-state index in [4.69, 9.17) is 21.1 Å². The number of hydrogen-bond donors (Lipinski definition) is 2. The molecular weight excluding hydrogens is 416 g/mol. The van der Waals surface area contributed by atoms with Gasteiger partial charge in [-0.15, -0.1) is 0 Å². The van der Waals surface area contributed by atoms with Crippen molar-refractivity contribution in [1.82, 2.24) is 20.4 Å². The number of hydrogen-bond acceptors (Lipinski definition) is 5. The molecule has 2 N–H and O–H groups in total. The van der Waals surface area contributed by atoms with Crippen molar-refractivity contribution in [2.45, 2.75) is 27.0 Å². The van der Waals surface area contributed by atoms with Gasteiger partial charge in [0.15, 0.2) is 11.5 Å². The number of aryl methyl sites for hydroxylation is 1. The zero-order chi connectivity index (χ0) is 22.2. The van der Waals surface area contributed by atoms with E-state index in [2.05, 4.69) is 15.7 Å². The predicted molar refractivity (Wildman–Crippen MR) is 121 cm³/mol. The standard InChI is InChI=1S/C23H27ClN4O3/c1-16-20(23(24)28(27-16)19-7-5-4-6-8-19)15-31-21-10-9-18(13-22(21)30-3)14-25-11-12-26-17(2)29/h4-10,13,25H,11-12,14-15H2,1-3H3,(H,26,29). The van der Waals surface area contributed by atoms with E-state index >= 15 is 0 Å². The minimum Gasteiger partial charge on any atom is -0.493 e. The summed E-state index contributed by atoms with van der Waals surface area (Å²) >= 11 is 6.59. The summed E-state index contributed by atoms with van der Waals surface area (Å²) in [5.74, 6) is 1.24. The minimum absolute atomic E-state index is 0.0328. The van der Waals surface area contributed by atoms with E-state index in [0.717, 1.165) is 22.5 Å². The molecule has 8 heteroatoms. The number of ether oxygens (including phenoxy) is 2. The van der Waals surface area contributed by atoms with E-state index in [1.54, 1.807) is 11.8 Å². The molecular formula is C23H27ClN4O3. The van der Waals surface area contributed by atoms with Gasteiger partial charge in [-0.2, -0.15) is 5.10 Å². The van der Waals surface area contributed by atoms with Gasteiger partial charge >= 0.3 is 0 Å². The van der Waals surface area contributed by atoms with Crippen LogP contribution in [0, 0.1) is 6.92 Å². The molecule has 2 aromatic carbocycles. The van der Waals surface area contributed by atoms with E-state index in [-0.39, 0.29) is 12.5 Å². The van der Waals surface area contributed by atoms with E-state index in [0.29, 0.717) is 36.3 Å². The van der Waals surface area contributed by atoms with Crippen LogP contribution in [-0.2, 0) is 17.9 Å². The van der Waals surface area contributed by atoms with Crippen LogP contribution in [0.1, 0.15) is 23.7 Å². The van der Waals surface area contributed by atoms with Crippen LogP contribution in [0.25, 0.3) is 5.69 Å². The van der Waals surface area contributed by atoms with Crippen molar-refractivity contribution in [3.63, 3.8) is 0 Å². The fourth-order valence-corrected chi connectivity index (χ4v) is 3.41. The van der Waals surface area contributed by atoms with Gasteiger partial charge in [0.25, 0.3) is 0 Å². The lowest BCUT2D eigenvalue weighted by Gasteiger charge is -2.13. The number of nitrogens with zero attached hydrogens (tertiary/aromatic N) is 2. The SMILES string of the molecule is COc1cc(CNCCNC(C)=O)ccc1OCc1c(C)nn(-c2ccccc2)c1Cl. The normalized spacial score (nSPS) is 10.7.